The fraction of sp³-hybridized carbons (Fsp3) is 0.692. The van der Waals surface area contributed by atoms with E-state index in [4.69, 9.17) is 0 Å². The molecule has 0 aromatic rings. The van der Waals surface area contributed by atoms with E-state index in [0.29, 0.717) is 6.04 Å². The molecule has 0 N–H and O–H groups in total. The fourth-order valence-electron chi connectivity index (χ4n) is 1.32. The summed E-state index contributed by atoms with van der Waals surface area (Å²) in [5.74, 6) is 0. The fourth-order valence-corrected chi connectivity index (χ4v) is 1.32. The van der Waals surface area contributed by atoms with E-state index in [2.05, 4.69) is 41.1 Å². The molecular formula is C13H26HfN3-3. The number of allylic oxidation sites excluding steroid dienone is 3. The minimum absolute atomic E-state index is 0. The summed E-state index contributed by atoms with van der Waals surface area (Å²) in [6, 6.07) is 0.468. The Morgan fingerprint density at radius 3 is 1.82 bits per heavy atom. The van der Waals surface area contributed by atoms with E-state index < -0.39 is 0 Å². The number of hydrogen-bond acceptors (Lipinski definition) is 0. The predicted molar refractivity (Wildman–Crippen MR) is 75.6 cm³/mol. The second-order valence-electron chi connectivity index (χ2n) is 3.45. The van der Waals surface area contributed by atoms with Gasteiger partial charge < -0.3 is 16.0 Å². The van der Waals surface area contributed by atoms with Crippen molar-refractivity contribution in [1.82, 2.24) is 0 Å². The predicted octanol–water partition coefficient (Wildman–Crippen LogP) is 3.89. The molecule has 4 heteroatoms. The van der Waals surface area contributed by atoms with Gasteiger partial charge in [-0.05, 0) is 6.42 Å². The first-order valence-electron chi connectivity index (χ1n) is 5.62. The maximum absolute atomic E-state index is 4.28. The first-order valence-corrected chi connectivity index (χ1v) is 5.62. The maximum Gasteiger partial charge on any atom is 0 e. The van der Waals surface area contributed by atoms with Crippen molar-refractivity contribution in [2.45, 2.75) is 25.8 Å². The van der Waals surface area contributed by atoms with Crippen LogP contribution < -0.4 is 0 Å². The maximum atomic E-state index is 4.28. The second kappa shape index (κ2) is 18.6. The Morgan fingerprint density at radius 1 is 1.12 bits per heavy atom. The van der Waals surface area contributed by atoms with Crippen molar-refractivity contribution in [2.75, 3.05) is 35.2 Å². The SMILES string of the molecule is CCC([N-]C)C1=CC=CC1.C[N-]C.C[N-]C.[Hf]. The molecule has 0 heterocycles. The number of nitrogens with zero attached hydrogens (tertiary/aromatic N) is 3. The molecule has 0 fully saturated rings. The monoisotopic (exact) mass is 404 g/mol. The topological polar surface area (TPSA) is 42.3 Å². The third kappa shape index (κ3) is 14.2. The Labute approximate surface area is 126 Å². The van der Waals surface area contributed by atoms with Crippen LogP contribution >= 0.6 is 0 Å². The molecule has 17 heavy (non-hydrogen) atoms. The Morgan fingerprint density at radius 2 is 1.59 bits per heavy atom. The molecule has 3 nitrogen and oxygen atoms in total. The van der Waals surface area contributed by atoms with Crippen molar-refractivity contribution < 1.29 is 25.8 Å². The first-order chi connectivity index (χ1) is 7.71. The van der Waals surface area contributed by atoms with Crippen LogP contribution in [0.25, 0.3) is 16.0 Å². The van der Waals surface area contributed by atoms with Gasteiger partial charge in [-0.2, -0.15) is 35.2 Å². The van der Waals surface area contributed by atoms with Gasteiger partial charge in [0.25, 0.3) is 0 Å². The van der Waals surface area contributed by atoms with Crippen LogP contribution in [0.1, 0.15) is 19.8 Å². The van der Waals surface area contributed by atoms with Gasteiger partial charge in [0.2, 0.25) is 0 Å². The van der Waals surface area contributed by atoms with Crippen LogP contribution in [0.2, 0.25) is 0 Å². The van der Waals surface area contributed by atoms with Gasteiger partial charge in [-0.3, -0.25) is 0 Å². The van der Waals surface area contributed by atoms with Gasteiger partial charge in [0.05, 0.1) is 0 Å². The second-order valence-corrected chi connectivity index (χ2v) is 3.45. The van der Waals surface area contributed by atoms with Gasteiger partial charge in [0.15, 0.2) is 0 Å². The molecule has 1 aliphatic carbocycles. The van der Waals surface area contributed by atoms with E-state index in [1.807, 2.05) is 7.05 Å². The van der Waals surface area contributed by atoms with Gasteiger partial charge in [0.1, 0.15) is 0 Å². The smallest absolute Gasteiger partial charge is 0 e. The molecule has 100 valence electrons. The Kier molecular flexibility index (Phi) is 24.5. The third-order valence-corrected chi connectivity index (χ3v) is 1.93. The Hall–Kier alpha value is 0.230. The summed E-state index contributed by atoms with van der Waals surface area (Å²) in [4.78, 5) is 0. The van der Waals surface area contributed by atoms with Crippen molar-refractivity contribution in [3.8, 4) is 0 Å². The van der Waals surface area contributed by atoms with Crippen molar-refractivity contribution in [3.05, 3.63) is 39.8 Å². The molecule has 1 aliphatic rings. The van der Waals surface area contributed by atoms with Gasteiger partial charge in [-0.25, -0.2) is 0 Å². The molecule has 1 unspecified atom stereocenters. The van der Waals surface area contributed by atoms with Crippen LogP contribution in [0.15, 0.2) is 23.8 Å². The minimum atomic E-state index is 0. The van der Waals surface area contributed by atoms with E-state index in [9.17, 15) is 0 Å². The van der Waals surface area contributed by atoms with Gasteiger partial charge in [-0.1, -0.05) is 37.1 Å². The summed E-state index contributed by atoms with van der Waals surface area (Å²) in [6.45, 7) is 2.18. The molecule has 0 radical (unpaired) electrons. The quantitative estimate of drug-likeness (QED) is 0.643. The van der Waals surface area contributed by atoms with Crippen molar-refractivity contribution in [1.29, 1.82) is 0 Å². The number of likely N-dealkylation sites (N-methyl/N-ethyl adjacent to an activating group) is 1. The molecule has 0 aromatic carbocycles. The summed E-state index contributed by atoms with van der Waals surface area (Å²) < 4.78 is 0. The molecule has 0 bridgehead atoms. The van der Waals surface area contributed by atoms with E-state index >= 15 is 0 Å². The van der Waals surface area contributed by atoms with E-state index in [0.717, 1.165) is 12.8 Å². The summed E-state index contributed by atoms with van der Waals surface area (Å²) in [5.41, 5.74) is 1.46. The zero-order valence-corrected chi connectivity index (χ0v) is 15.7. The largest absolute Gasteiger partial charge is 0.668 e. The van der Waals surface area contributed by atoms with Crippen LogP contribution in [0.5, 0.6) is 0 Å². The molecule has 0 amide bonds. The molecular weight excluding hydrogens is 377 g/mol. The molecule has 1 rings (SSSR count). The average Bonchev–Trinajstić information content (AvgIpc) is 2.76. The summed E-state index contributed by atoms with van der Waals surface area (Å²) in [6.07, 6.45) is 8.72. The van der Waals surface area contributed by atoms with Crippen LogP contribution in [0, 0.1) is 0 Å². The van der Waals surface area contributed by atoms with Crippen LogP contribution in [-0.4, -0.2) is 41.3 Å². The van der Waals surface area contributed by atoms with Crippen molar-refractivity contribution in [2.24, 2.45) is 0 Å². The summed E-state index contributed by atoms with van der Waals surface area (Å²) in [5, 5.41) is 11.3. The van der Waals surface area contributed by atoms with Gasteiger partial charge >= 0.3 is 0 Å². The Balaban J connectivity index is -0.000000240. The summed E-state index contributed by atoms with van der Waals surface area (Å²) in [7, 11) is 8.90. The van der Waals surface area contributed by atoms with Crippen LogP contribution in [0.3, 0.4) is 0 Å². The molecule has 1 atom stereocenters. The van der Waals surface area contributed by atoms with Crippen molar-refractivity contribution in [3.63, 3.8) is 0 Å². The van der Waals surface area contributed by atoms with E-state index in [1.165, 1.54) is 5.57 Å². The van der Waals surface area contributed by atoms with Gasteiger partial charge in [0, 0.05) is 25.8 Å². The zero-order valence-electron chi connectivity index (χ0n) is 12.1. The summed E-state index contributed by atoms with van der Waals surface area (Å²) >= 11 is 0. The number of rotatable bonds is 3. The molecule has 0 aromatic heterocycles. The van der Waals surface area contributed by atoms with Gasteiger partial charge in [-0.15, -0.1) is 6.04 Å². The Bertz CT molecular complexity index is 185. The molecule has 0 aliphatic heterocycles. The minimum Gasteiger partial charge on any atom is -0.668 e. The third-order valence-electron chi connectivity index (χ3n) is 1.93. The van der Waals surface area contributed by atoms with Crippen molar-refractivity contribution >= 4 is 0 Å². The molecule has 0 saturated heterocycles. The van der Waals surface area contributed by atoms with Crippen LogP contribution in [0.4, 0.5) is 0 Å². The first kappa shape index (κ1) is 22.4. The van der Waals surface area contributed by atoms with Crippen LogP contribution in [-0.2, 0) is 25.8 Å². The standard InChI is InChI=1S/C9H14N.2C2H6N.Hf/c1-3-9(10-2)8-6-4-5-7-8;2*1-3-2;/h4-6,9H,3,7H2,1-2H3;2*1-2H3;/q3*-1;. The normalized spacial score (nSPS) is 13.4. The van der Waals surface area contributed by atoms with E-state index in [1.54, 1.807) is 28.2 Å². The molecule has 0 saturated carbocycles. The zero-order chi connectivity index (χ0) is 12.8. The number of hydrogen-bond donors (Lipinski definition) is 0. The van der Waals surface area contributed by atoms with E-state index in [-0.39, 0.29) is 25.8 Å². The average molecular weight is 403 g/mol. The molecule has 0 spiro atoms.